The van der Waals surface area contributed by atoms with Crippen LogP contribution >= 0.6 is 11.6 Å². The van der Waals surface area contributed by atoms with Gasteiger partial charge < -0.3 is 14.8 Å². The Morgan fingerprint density at radius 3 is 3.15 bits per heavy atom. The van der Waals surface area contributed by atoms with E-state index in [0.717, 1.165) is 19.4 Å². The second-order valence-corrected chi connectivity index (χ2v) is 5.54. The van der Waals surface area contributed by atoms with E-state index in [1.54, 1.807) is 0 Å². The van der Waals surface area contributed by atoms with Crippen LogP contribution in [0, 0.1) is 11.7 Å². The highest BCUT2D eigenvalue weighted by atomic mass is 35.5. The number of hydrogen-bond acceptors (Lipinski definition) is 3. The van der Waals surface area contributed by atoms with Crippen LogP contribution in [0.15, 0.2) is 18.2 Å². The van der Waals surface area contributed by atoms with Crippen LogP contribution in [-0.4, -0.2) is 31.3 Å². The largest absolute Gasteiger partial charge is 0.484 e. The molecule has 1 aliphatic carbocycles. The van der Waals surface area contributed by atoms with Crippen LogP contribution in [-0.2, 0) is 9.53 Å². The number of ether oxygens (including phenoxy) is 2. The summed E-state index contributed by atoms with van der Waals surface area (Å²) in [5.74, 6) is 0.132. The molecule has 1 amide bonds. The number of carbonyl (C=O) groups is 1. The normalized spacial score (nSPS) is 27.6. The fourth-order valence-corrected chi connectivity index (χ4v) is 2.90. The van der Waals surface area contributed by atoms with Crippen LogP contribution < -0.4 is 10.1 Å². The summed E-state index contributed by atoms with van der Waals surface area (Å²) in [7, 11) is 0. The maximum Gasteiger partial charge on any atom is 0.258 e. The molecule has 1 saturated heterocycles. The standard InChI is InChI=1S/C14H15ClFNO3/c15-10-5-8(1-2-11(10)16)20-7-14(18)17-12-6-13-9(12)3-4-19-13/h1-2,5,9,12-13H,3-4,6-7H2,(H,17,18)/t9-,12+,13+/m0/s1. The lowest BCUT2D eigenvalue weighted by molar-refractivity contribution is -0.126. The van der Waals surface area contributed by atoms with Crippen molar-refractivity contribution in [1.29, 1.82) is 0 Å². The third kappa shape index (κ3) is 2.74. The summed E-state index contributed by atoms with van der Waals surface area (Å²) in [6.45, 7) is 0.684. The highest BCUT2D eigenvalue weighted by molar-refractivity contribution is 6.30. The molecule has 0 unspecified atom stereocenters. The van der Waals surface area contributed by atoms with Gasteiger partial charge in [0.1, 0.15) is 11.6 Å². The Morgan fingerprint density at radius 1 is 1.55 bits per heavy atom. The molecular weight excluding hydrogens is 285 g/mol. The van der Waals surface area contributed by atoms with Gasteiger partial charge in [0.05, 0.1) is 11.1 Å². The second kappa shape index (κ2) is 5.58. The van der Waals surface area contributed by atoms with E-state index >= 15 is 0 Å². The molecule has 108 valence electrons. The van der Waals surface area contributed by atoms with Gasteiger partial charge in [-0.2, -0.15) is 0 Å². The summed E-state index contributed by atoms with van der Waals surface area (Å²) < 4.78 is 23.7. The second-order valence-electron chi connectivity index (χ2n) is 5.14. The summed E-state index contributed by atoms with van der Waals surface area (Å²) in [4.78, 5) is 11.8. The van der Waals surface area contributed by atoms with Crippen LogP contribution in [0.1, 0.15) is 12.8 Å². The molecule has 1 aromatic rings. The summed E-state index contributed by atoms with van der Waals surface area (Å²) in [5.41, 5.74) is 0. The minimum absolute atomic E-state index is 0.0205. The lowest BCUT2D eigenvalue weighted by Gasteiger charge is -2.39. The zero-order valence-electron chi connectivity index (χ0n) is 10.8. The molecular formula is C14H15ClFNO3. The summed E-state index contributed by atoms with van der Waals surface area (Å²) >= 11 is 5.64. The number of nitrogens with one attached hydrogen (secondary N) is 1. The summed E-state index contributed by atoms with van der Waals surface area (Å²) in [6.07, 6.45) is 2.19. The molecule has 1 saturated carbocycles. The van der Waals surface area contributed by atoms with Crippen molar-refractivity contribution in [3.63, 3.8) is 0 Å². The van der Waals surface area contributed by atoms with Crippen molar-refractivity contribution >= 4 is 17.5 Å². The molecule has 3 atom stereocenters. The zero-order valence-corrected chi connectivity index (χ0v) is 11.5. The van der Waals surface area contributed by atoms with Gasteiger partial charge in [0.2, 0.25) is 0 Å². The van der Waals surface area contributed by atoms with E-state index in [9.17, 15) is 9.18 Å². The highest BCUT2D eigenvalue weighted by Gasteiger charge is 2.45. The van der Waals surface area contributed by atoms with Gasteiger partial charge >= 0.3 is 0 Å². The Morgan fingerprint density at radius 2 is 2.40 bits per heavy atom. The summed E-state index contributed by atoms with van der Waals surface area (Å²) in [5, 5.41) is 2.91. The SMILES string of the molecule is O=C(COc1ccc(F)c(Cl)c1)N[C@@H]1C[C@H]2OCC[C@@H]12. The molecule has 4 nitrogen and oxygen atoms in total. The van der Waals surface area contributed by atoms with Gasteiger partial charge in [-0.3, -0.25) is 4.79 Å². The number of benzene rings is 1. The Hall–Kier alpha value is -1.33. The fraction of sp³-hybridized carbons (Fsp3) is 0.500. The Labute approximate surface area is 121 Å². The number of carbonyl (C=O) groups excluding carboxylic acids is 1. The average molecular weight is 300 g/mol. The van der Waals surface area contributed by atoms with Gasteiger partial charge in [-0.15, -0.1) is 0 Å². The molecule has 2 aliphatic rings. The lowest BCUT2D eigenvalue weighted by atomic mass is 9.76. The molecule has 0 bridgehead atoms. The van der Waals surface area contributed by atoms with Crippen LogP contribution in [0.2, 0.25) is 5.02 Å². The predicted octanol–water partition coefficient (Wildman–Crippen LogP) is 2.15. The van der Waals surface area contributed by atoms with Crippen molar-refractivity contribution in [1.82, 2.24) is 5.32 Å². The van der Waals surface area contributed by atoms with E-state index < -0.39 is 5.82 Å². The van der Waals surface area contributed by atoms with Crippen molar-refractivity contribution in [2.75, 3.05) is 13.2 Å². The molecule has 1 N–H and O–H groups in total. The molecule has 1 heterocycles. The first-order valence-electron chi connectivity index (χ1n) is 6.62. The van der Waals surface area contributed by atoms with Gasteiger partial charge in [0.15, 0.2) is 6.61 Å². The van der Waals surface area contributed by atoms with Crippen molar-refractivity contribution in [3.8, 4) is 5.75 Å². The predicted molar refractivity (Wildman–Crippen MR) is 71.3 cm³/mol. The lowest BCUT2D eigenvalue weighted by Crippen LogP contribution is -2.54. The van der Waals surface area contributed by atoms with Gasteiger partial charge in [-0.25, -0.2) is 4.39 Å². The fourth-order valence-electron chi connectivity index (χ4n) is 2.73. The van der Waals surface area contributed by atoms with Crippen molar-refractivity contribution < 1.29 is 18.7 Å². The van der Waals surface area contributed by atoms with Gasteiger partial charge in [-0.1, -0.05) is 11.6 Å². The Bertz CT molecular complexity index is 525. The van der Waals surface area contributed by atoms with Gasteiger partial charge in [-0.05, 0) is 25.0 Å². The van der Waals surface area contributed by atoms with Gasteiger partial charge in [0.25, 0.3) is 5.91 Å². The molecule has 0 aromatic heterocycles. The summed E-state index contributed by atoms with van der Waals surface area (Å²) in [6, 6.07) is 4.20. The molecule has 6 heteroatoms. The first-order chi connectivity index (χ1) is 9.63. The van der Waals surface area contributed by atoms with E-state index in [1.165, 1.54) is 18.2 Å². The monoisotopic (exact) mass is 299 g/mol. The number of hydrogen-bond donors (Lipinski definition) is 1. The number of rotatable bonds is 4. The highest BCUT2D eigenvalue weighted by Crippen LogP contribution is 2.38. The number of amides is 1. The first-order valence-corrected chi connectivity index (χ1v) is 7.00. The minimum atomic E-state index is -0.509. The van der Waals surface area contributed by atoms with Crippen molar-refractivity contribution in [3.05, 3.63) is 29.0 Å². The topological polar surface area (TPSA) is 47.6 Å². The number of fused-ring (bicyclic) bond motifs is 1. The maximum absolute atomic E-state index is 13.0. The third-order valence-corrected chi connectivity index (χ3v) is 4.16. The molecule has 3 rings (SSSR count). The quantitative estimate of drug-likeness (QED) is 0.927. The van der Waals surface area contributed by atoms with Crippen LogP contribution in [0.25, 0.3) is 0 Å². The Kier molecular flexibility index (Phi) is 3.81. The average Bonchev–Trinajstić information content (AvgIpc) is 2.79. The van der Waals surface area contributed by atoms with Crippen LogP contribution in [0.3, 0.4) is 0 Å². The smallest absolute Gasteiger partial charge is 0.258 e. The number of halogens is 2. The van der Waals surface area contributed by atoms with Crippen LogP contribution in [0.4, 0.5) is 4.39 Å². The Balaban J connectivity index is 1.46. The van der Waals surface area contributed by atoms with Crippen molar-refractivity contribution in [2.45, 2.75) is 25.0 Å². The van der Waals surface area contributed by atoms with E-state index in [0.29, 0.717) is 17.8 Å². The minimum Gasteiger partial charge on any atom is -0.484 e. The molecule has 0 radical (unpaired) electrons. The molecule has 2 fully saturated rings. The van der Waals surface area contributed by atoms with E-state index in [2.05, 4.69) is 5.32 Å². The maximum atomic E-state index is 13.0. The molecule has 20 heavy (non-hydrogen) atoms. The first kappa shape index (κ1) is 13.6. The molecule has 1 aromatic carbocycles. The van der Waals surface area contributed by atoms with Gasteiger partial charge in [0, 0.05) is 24.6 Å². The van der Waals surface area contributed by atoms with E-state index in [1.807, 2.05) is 0 Å². The van der Waals surface area contributed by atoms with E-state index in [-0.39, 0.29) is 23.6 Å². The third-order valence-electron chi connectivity index (χ3n) is 3.87. The molecule has 1 aliphatic heterocycles. The van der Waals surface area contributed by atoms with E-state index in [4.69, 9.17) is 21.1 Å². The molecule has 0 spiro atoms. The zero-order chi connectivity index (χ0) is 14.1. The van der Waals surface area contributed by atoms with Crippen LogP contribution in [0.5, 0.6) is 5.75 Å². The van der Waals surface area contributed by atoms with Crippen molar-refractivity contribution in [2.24, 2.45) is 5.92 Å².